The van der Waals surface area contributed by atoms with E-state index in [1.807, 2.05) is 0 Å². The Balaban J connectivity index is 0.00000289. The molecule has 0 radical (unpaired) electrons. The summed E-state index contributed by atoms with van der Waals surface area (Å²) in [4.78, 5) is 21.3. The molecule has 0 aliphatic heterocycles. The first kappa shape index (κ1) is 16.1. The number of rotatable bonds is 3. The van der Waals surface area contributed by atoms with E-state index in [1.165, 1.54) is 12.1 Å². The quantitative estimate of drug-likeness (QED) is 0.487. The summed E-state index contributed by atoms with van der Waals surface area (Å²) in [5.74, 6) is -1.22. The molecule has 1 aromatic rings. The Hall–Kier alpha value is -1.86. The molecule has 1 atom stereocenters. The van der Waals surface area contributed by atoms with Gasteiger partial charge < -0.3 is 15.6 Å². The van der Waals surface area contributed by atoms with Crippen molar-refractivity contribution in [3.8, 4) is 5.75 Å². The van der Waals surface area contributed by atoms with Crippen LogP contribution in [0.2, 0.25) is 0 Å². The lowest BCUT2D eigenvalue weighted by Gasteiger charge is -2.13. The van der Waals surface area contributed by atoms with Gasteiger partial charge in [-0.15, -0.1) is 12.4 Å². The van der Waals surface area contributed by atoms with E-state index in [0.29, 0.717) is 5.56 Å². The number of phenolic OH excluding ortho intramolecular Hbond substituents is 1. The first-order chi connectivity index (χ1) is 7.90. The number of esters is 1. The van der Waals surface area contributed by atoms with Crippen LogP contribution in [-0.4, -0.2) is 23.1 Å². The second-order valence-corrected chi connectivity index (χ2v) is 3.42. The molecule has 0 spiro atoms. The summed E-state index contributed by atoms with van der Waals surface area (Å²) in [6, 6.07) is 1.18. The number of carbonyl (C=O) groups excluding carboxylic acids is 1. The average Bonchev–Trinajstić information content (AvgIpc) is 2.30. The maximum absolute atomic E-state index is 11.3. The van der Waals surface area contributed by atoms with E-state index < -0.39 is 22.6 Å². The fraction of sp³-hybridized carbons (Fsp3) is 0.300. The third-order valence-corrected chi connectivity index (χ3v) is 2.36. The van der Waals surface area contributed by atoms with Crippen molar-refractivity contribution in [3.05, 3.63) is 33.4 Å². The largest absolute Gasteiger partial charge is 0.507 e. The van der Waals surface area contributed by atoms with Gasteiger partial charge in [-0.1, -0.05) is 0 Å². The van der Waals surface area contributed by atoms with Crippen LogP contribution >= 0.6 is 12.4 Å². The molecule has 0 bridgehead atoms. The Morgan fingerprint density at radius 1 is 1.56 bits per heavy atom. The summed E-state index contributed by atoms with van der Waals surface area (Å²) in [7, 11) is 1.11. The van der Waals surface area contributed by atoms with E-state index in [4.69, 9.17) is 5.73 Å². The predicted octanol–water partition coefficient (Wildman–Crippen LogP) is 1.20. The van der Waals surface area contributed by atoms with Gasteiger partial charge in [0.2, 0.25) is 0 Å². The number of nitrogens with two attached hydrogens (primary N) is 1. The van der Waals surface area contributed by atoms with Crippen molar-refractivity contribution in [1.82, 2.24) is 0 Å². The predicted molar refractivity (Wildman–Crippen MR) is 65.7 cm³/mol. The molecule has 100 valence electrons. The number of benzene rings is 1. The second kappa shape index (κ2) is 6.18. The lowest BCUT2D eigenvalue weighted by molar-refractivity contribution is -0.385. The summed E-state index contributed by atoms with van der Waals surface area (Å²) in [6.07, 6.45) is 0. The van der Waals surface area contributed by atoms with Crippen LogP contribution < -0.4 is 5.73 Å². The third-order valence-electron chi connectivity index (χ3n) is 2.36. The summed E-state index contributed by atoms with van der Waals surface area (Å²) in [6.45, 7) is 1.55. The maximum Gasteiger partial charge on any atom is 0.327 e. The van der Waals surface area contributed by atoms with Gasteiger partial charge in [0.1, 0.15) is 11.8 Å². The molecule has 0 aromatic heterocycles. The molecule has 0 aliphatic carbocycles. The van der Waals surface area contributed by atoms with Crippen LogP contribution in [0.1, 0.15) is 17.2 Å². The van der Waals surface area contributed by atoms with Crippen molar-refractivity contribution < 1.29 is 19.6 Å². The van der Waals surface area contributed by atoms with Crippen molar-refractivity contribution in [2.75, 3.05) is 7.11 Å². The summed E-state index contributed by atoms with van der Waals surface area (Å²) in [5.41, 5.74) is 5.27. The maximum atomic E-state index is 11.3. The number of hydrogen-bond donors (Lipinski definition) is 2. The number of nitro benzene ring substituents is 1. The number of hydrogen-bond acceptors (Lipinski definition) is 6. The van der Waals surface area contributed by atoms with Crippen LogP contribution in [0.4, 0.5) is 5.69 Å². The molecular formula is C10H13ClN2O5. The molecule has 0 amide bonds. The molecule has 3 N–H and O–H groups in total. The first-order valence-corrected chi connectivity index (χ1v) is 4.70. The van der Waals surface area contributed by atoms with Gasteiger partial charge in [0.05, 0.1) is 17.6 Å². The van der Waals surface area contributed by atoms with Crippen LogP contribution in [0.15, 0.2) is 12.1 Å². The normalized spacial score (nSPS) is 11.3. The zero-order valence-corrected chi connectivity index (χ0v) is 10.6. The number of phenols is 1. The van der Waals surface area contributed by atoms with Crippen molar-refractivity contribution in [2.24, 2.45) is 5.73 Å². The number of aromatic hydroxyl groups is 1. The van der Waals surface area contributed by atoms with E-state index in [0.717, 1.165) is 7.11 Å². The summed E-state index contributed by atoms with van der Waals surface area (Å²) >= 11 is 0. The lowest BCUT2D eigenvalue weighted by atomic mass is 10.0. The van der Waals surface area contributed by atoms with Gasteiger partial charge in [-0.05, 0) is 18.6 Å². The fourth-order valence-electron chi connectivity index (χ4n) is 1.42. The van der Waals surface area contributed by atoms with Crippen molar-refractivity contribution >= 4 is 24.1 Å². The molecule has 8 heteroatoms. The number of nitrogens with zero attached hydrogens (tertiary/aromatic N) is 1. The SMILES string of the molecule is COC(=O)[C@H](N)c1c([N+](=O)[O-])ccc(C)c1O.Cl. The monoisotopic (exact) mass is 276 g/mol. The van der Waals surface area contributed by atoms with Crippen LogP contribution in [0, 0.1) is 17.0 Å². The highest BCUT2D eigenvalue weighted by molar-refractivity contribution is 5.85. The van der Waals surface area contributed by atoms with E-state index in [9.17, 15) is 20.0 Å². The molecule has 1 rings (SSSR count). The zero-order chi connectivity index (χ0) is 13.2. The molecule has 0 unspecified atom stereocenters. The van der Waals surface area contributed by atoms with Crippen molar-refractivity contribution in [1.29, 1.82) is 0 Å². The Morgan fingerprint density at radius 2 is 2.11 bits per heavy atom. The van der Waals surface area contributed by atoms with Gasteiger partial charge in [-0.3, -0.25) is 10.1 Å². The minimum Gasteiger partial charge on any atom is -0.507 e. The Bertz CT molecular complexity index is 478. The molecule has 0 heterocycles. The first-order valence-electron chi connectivity index (χ1n) is 4.70. The zero-order valence-electron chi connectivity index (χ0n) is 9.75. The fourth-order valence-corrected chi connectivity index (χ4v) is 1.42. The molecule has 0 fully saturated rings. The number of nitro groups is 1. The Labute approximate surface area is 109 Å². The number of ether oxygens (including phenoxy) is 1. The molecule has 18 heavy (non-hydrogen) atoms. The number of carbonyl (C=O) groups is 1. The molecular weight excluding hydrogens is 264 g/mol. The van der Waals surface area contributed by atoms with Crippen LogP contribution in [0.3, 0.4) is 0 Å². The summed E-state index contributed by atoms with van der Waals surface area (Å²) < 4.78 is 4.40. The Morgan fingerprint density at radius 3 is 2.56 bits per heavy atom. The van der Waals surface area contributed by atoms with Gasteiger partial charge in [0.25, 0.3) is 5.69 Å². The molecule has 0 aliphatic rings. The van der Waals surface area contributed by atoms with Crippen LogP contribution in [-0.2, 0) is 9.53 Å². The number of methoxy groups -OCH3 is 1. The number of aryl methyl sites for hydroxylation is 1. The van der Waals surface area contributed by atoms with Crippen LogP contribution in [0.25, 0.3) is 0 Å². The van der Waals surface area contributed by atoms with E-state index in [2.05, 4.69) is 4.74 Å². The average molecular weight is 277 g/mol. The van der Waals surface area contributed by atoms with Gasteiger partial charge in [-0.2, -0.15) is 0 Å². The van der Waals surface area contributed by atoms with Gasteiger partial charge in [-0.25, -0.2) is 4.79 Å². The van der Waals surface area contributed by atoms with Crippen LogP contribution in [0.5, 0.6) is 5.75 Å². The third kappa shape index (κ3) is 2.88. The van der Waals surface area contributed by atoms with Gasteiger partial charge >= 0.3 is 5.97 Å². The number of halogens is 1. The van der Waals surface area contributed by atoms with E-state index in [-0.39, 0.29) is 23.7 Å². The molecule has 0 saturated carbocycles. The summed E-state index contributed by atoms with van der Waals surface area (Å²) in [5, 5.41) is 20.5. The Kier molecular flexibility index (Phi) is 5.54. The van der Waals surface area contributed by atoms with Gasteiger partial charge in [0, 0.05) is 6.07 Å². The second-order valence-electron chi connectivity index (χ2n) is 3.42. The van der Waals surface area contributed by atoms with Crippen molar-refractivity contribution in [3.63, 3.8) is 0 Å². The highest BCUT2D eigenvalue weighted by Crippen LogP contribution is 2.35. The van der Waals surface area contributed by atoms with E-state index >= 15 is 0 Å². The van der Waals surface area contributed by atoms with Gasteiger partial charge in [0.15, 0.2) is 0 Å². The molecule has 0 saturated heterocycles. The smallest absolute Gasteiger partial charge is 0.327 e. The van der Waals surface area contributed by atoms with E-state index in [1.54, 1.807) is 6.92 Å². The lowest BCUT2D eigenvalue weighted by Crippen LogP contribution is -2.23. The van der Waals surface area contributed by atoms with Crippen molar-refractivity contribution in [2.45, 2.75) is 13.0 Å². The molecule has 7 nitrogen and oxygen atoms in total. The standard InChI is InChI=1S/C10H12N2O5.ClH/c1-5-3-4-6(12(15)16)7(9(5)13)8(11)10(14)17-2;/h3-4,8,13H,11H2,1-2H3;1H/t8-;/m1./s1. The topological polar surface area (TPSA) is 116 Å². The highest BCUT2D eigenvalue weighted by atomic mass is 35.5. The minimum absolute atomic E-state index is 0. The highest BCUT2D eigenvalue weighted by Gasteiger charge is 2.29. The molecule has 1 aromatic carbocycles. The minimum atomic E-state index is -1.39.